The van der Waals surface area contributed by atoms with Crippen LogP contribution >= 0.6 is 0 Å². The van der Waals surface area contributed by atoms with E-state index in [1.807, 2.05) is 16.7 Å². The third-order valence-electron chi connectivity index (χ3n) is 7.41. The maximum Gasteiger partial charge on any atom is 0.264 e. The van der Waals surface area contributed by atoms with E-state index >= 15 is 0 Å². The van der Waals surface area contributed by atoms with Crippen LogP contribution in [-0.4, -0.2) is 43.8 Å². The summed E-state index contributed by atoms with van der Waals surface area (Å²) in [5, 5.41) is 0.966. The predicted octanol–water partition coefficient (Wildman–Crippen LogP) is 5.30. The van der Waals surface area contributed by atoms with Crippen molar-refractivity contribution in [3.8, 4) is 11.3 Å². The molecular weight excluding hydrogens is 514 g/mol. The topological polar surface area (TPSA) is 102 Å². The molecule has 0 radical (unpaired) electrons. The van der Waals surface area contributed by atoms with Gasteiger partial charge in [-0.2, -0.15) is 0 Å². The fourth-order valence-corrected chi connectivity index (χ4v) is 6.61. The number of nitrogens with one attached hydrogen (secondary N) is 1. The number of benzene rings is 2. The molecule has 2 amide bonds. The van der Waals surface area contributed by atoms with E-state index in [0.717, 1.165) is 53.4 Å². The number of furan rings is 1. The minimum Gasteiger partial charge on any atom is -0.472 e. The second-order valence-corrected chi connectivity index (χ2v) is 12.1. The maximum absolute atomic E-state index is 13.2. The Morgan fingerprint density at radius 2 is 1.77 bits per heavy atom. The quantitative estimate of drug-likeness (QED) is 0.323. The highest BCUT2D eigenvalue weighted by Crippen LogP contribution is 2.44. The second kappa shape index (κ2) is 11.1. The first-order valence-corrected chi connectivity index (χ1v) is 14.9. The number of fused-ring (bicyclic) bond motifs is 1. The smallest absolute Gasteiger partial charge is 0.264 e. The molecular formula is C30H33N3O5S. The van der Waals surface area contributed by atoms with Gasteiger partial charge in [-0.25, -0.2) is 13.1 Å². The van der Waals surface area contributed by atoms with Crippen molar-refractivity contribution >= 4 is 32.7 Å². The fourth-order valence-electron chi connectivity index (χ4n) is 5.50. The number of likely N-dealkylation sites (N-methyl/N-ethyl adjacent to an activating group) is 1. The lowest BCUT2D eigenvalue weighted by Crippen LogP contribution is -2.31. The molecule has 0 bridgehead atoms. The number of hydrogen-bond acceptors (Lipinski definition) is 5. The van der Waals surface area contributed by atoms with Gasteiger partial charge in [-0.3, -0.25) is 9.59 Å². The molecule has 5 rings (SSSR count). The van der Waals surface area contributed by atoms with Crippen LogP contribution in [0.4, 0.5) is 0 Å². The standard InChI is InChI=1S/C30H33N3O5S/c1-32(2)27(34)18-33-26-17-23(30(35)31-39(36,37)20-21-9-5-3-6-10-21)13-14-25(26)28(22-11-7-4-8-12-22)29(33)24-15-16-38-19-24/h3,5-6,9-10,13-17,19,22H,4,7-8,11-12,18,20H2,1-2H3,(H,31,35). The van der Waals surface area contributed by atoms with Crippen LogP contribution in [0.25, 0.3) is 22.2 Å². The van der Waals surface area contributed by atoms with E-state index in [-0.39, 0.29) is 23.8 Å². The van der Waals surface area contributed by atoms with Crippen LogP contribution in [0, 0.1) is 0 Å². The zero-order valence-electron chi connectivity index (χ0n) is 22.2. The van der Waals surface area contributed by atoms with E-state index in [1.54, 1.807) is 69.1 Å². The summed E-state index contributed by atoms with van der Waals surface area (Å²) < 4.78 is 35.1. The van der Waals surface area contributed by atoms with Gasteiger partial charge in [-0.15, -0.1) is 0 Å². The Labute approximate surface area is 228 Å². The van der Waals surface area contributed by atoms with Crippen molar-refractivity contribution in [1.29, 1.82) is 0 Å². The molecule has 1 aliphatic carbocycles. The van der Waals surface area contributed by atoms with Crippen molar-refractivity contribution in [2.75, 3.05) is 14.1 Å². The summed E-state index contributed by atoms with van der Waals surface area (Å²) >= 11 is 0. The average molecular weight is 548 g/mol. The molecule has 2 aromatic heterocycles. The van der Waals surface area contributed by atoms with E-state index in [0.29, 0.717) is 11.5 Å². The lowest BCUT2D eigenvalue weighted by atomic mass is 9.82. The minimum atomic E-state index is -3.91. The molecule has 1 saturated carbocycles. The lowest BCUT2D eigenvalue weighted by molar-refractivity contribution is -0.129. The van der Waals surface area contributed by atoms with Gasteiger partial charge in [0.2, 0.25) is 15.9 Å². The van der Waals surface area contributed by atoms with Crippen LogP contribution in [0.15, 0.2) is 71.5 Å². The normalized spacial score (nSPS) is 14.4. The van der Waals surface area contributed by atoms with Crippen molar-refractivity contribution < 1.29 is 22.4 Å². The molecule has 0 aliphatic heterocycles. The number of sulfonamides is 1. The van der Waals surface area contributed by atoms with E-state index in [4.69, 9.17) is 4.42 Å². The van der Waals surface area contributed by atoms with E-state index in [1.165, 1.54) is 11.3 Å². The van der Waals surface area contributed by atoms with Gasteiger partial charge in [0, 0.05) is 30.6 Å². The van der Waals surface area contributed by atoms with E-state index in [2.05, 4.69) is 4.72 Å². The molecule has 0 atom stereocenters. The Hall–Kier alpha value is -3.85. The van der Waals surface area contributed by atoms with Gasteiger partial charge in [0.25, 0.3) is 5.91 Å². The second-order valence-electron chi connectivity index (χ2n) is 10.4. The third kappa shape index (κ3) is 5.78. The number of carbonyl (C=O) groups excluding carboxylic acids is 2. The van der Waals surface area contributed by atoms with Gasteiger partial charge in [-0.1, -0.05) is 55.7 Å². The van der Waals surface area contributed by atoms with Crippen LogP contribution in [0.5, 0.6) is 0 Å². The van der Waals surface area contributed by atoms with Gasteiger partial charge < -0.3 is 13.9 Å². The number of aromatic nitrogens is 1. The first kappa shape index (κ1) is 26.7. The summed E-state index contributed by atoms with van der Waals surface area (Å²) in [5.41, 5.74) is 4.46. The Morgan fingerprint density at radius 3 is 2.44 bits per heavy atom. The molecule has 0 spiro atoms. The number of carbonyl (C=O) groups is 2. The summed E-state index contributed by atoms with van der Waals surface area (Å²) in [5.74, 6) is -0.782. The van der Waals surface area contributed by atoms with Crippen LogP contribution in [0.3, 0.4) is 0 Å². The Kier molecular flexibility index (Phi) is 7.61. The molecule has 1 N–H and O–H groups in total. The Morgan fingerprint density at radius 1 is 1.03 bits per heavy atom. The van der Waals surface area contributed by atoms with Gasteiger partial charge >= 0.3 is 0 Å². The minimum absolute atomic E-state index is 0.0775. The van der Waals surface area contributed by atoms with E-state index in [9.17, 15) is 18.0 Å². The van der Waals surface area contributed by atoms with Crippen molar-refractivity contribution in [2.24, 2.45) is 0 Å². The van der Waals surface area contributed by atoms with Crippen LogP contribution in [0.1, 0.15) is 59.5 Å². The summed E-state index contributed by atoms with van der Waals surface area (Å²) in [6.07, 6.45) is 8.87. The van der Waals surface area contributed by atoms with Crippen molar-refractivity contribution in [3.05, 3.63) is 83.8 Å². The number of hydrogen-bond donors (Lipinski definition) is 1. The Bertz CT molecular complexity index is 1580. The Balaban J connectivity index is 1.59. The first-order valence-electron chi connectivity index (χ1n) is 13.2. The summed E-state index contributed by atoms with van der Waals surface area (Å²) in [4.78, 5) is 27.7. The van der Waals surface area contributed by atoms with Gasteiger partial charge in [0.1, 0.15) is 6.54 Å². The van der Waals surface area contributed by atoms with Gasteiger partial charge in [0.05, 0.1) is 29.5 Å². The van der Waals surface area contributed by atoms with Gasteiger partial charge in [-0.05, 0) is 48.1 Å². The molecule has 1 aliphatic rings. The molecule has 39 heavy (non-hydrogen) atoms. The number of rotatable bonds is 8. The molecule has 204 valence electrons. The molecule has 1 fully saturated rings. The van der Waals surface area contributed by atoms with Crippen molar-refractivity contribution in [1.82, 2.24) is 14.2 Å². The number of amides is 2. The maximum atomic E-state index is 13.2. The molecule has 0 saturated heterocycles. The highest BCUT2D eigenvalue weighted by molar-refractivity contribution is 7.89. The van der Waals surface area contributed by atoms with Crippen LogP contribution in [-0.2, 0) is 27.1 Å². The molecule has 0 unspecified atom stereocenters. The highest BCUT2D eigenvalue weighted by Gasteiger charge is 2.29. The summed E-state index contributed by atoms with van der Waals surface area (Å²) in [6, 6.07) is 15.9. The largest absolute Gasteiger partial charge is 0.472 e. The zero-order valence-corrected chi connectivity index (χ0v) is 23.0. The first-order chi connectivity index (χ1) is 18.7. The third-order valence-corrected chi connectivity index (χ3v) is 8.62. The predicted molar refractivity (Wildman–Crippen MR) is 151 cm³/mol. The fraction of sp³-hybridized carbons (Fsp3) is 0.333. The molecule has 2 aromatic carbocycles. The SMILES string of the molecule is CN(C)C(=O)Cn1c(-c2ccoc2)c(C2CCCCC2)c2ccc(C(=O)NS(=O)(=O)Cc3ccccc3)cc21. The van der Waals surface area contributed by atoms with Gasteiger partial charge in [0.15, 0.2) is 0 Å². The summed E-state index contributed by atoms with van der Waals surface area (Å²) in [6.45, 7) is 0.0775. The van der Waals surface area contributed by atoms with Crippen LogP contribution in [0.2, 0.25) is 0 Å². The van der Waals surface area contributed by atoms with Crippen molar-refractivity contribution in [3.63, 3.8) is 0 Å². The molecule has 8 nitrogen and oxygen atoms in total. The van der Waals surface area contributed by atoms with Crippen LogP contribution < -0.4 is 4.72 Å². The highest BCUT2D eigenvalue weighted by atomic mass is 32.2. The summed E-state index contributed by atoms with van der Waals surface area (Å²) in [7, 11) is -0.486. The zero-order chi connectivity index (χ0) is 27.6. The molecule has 4 aromatic rings. The molecule has 2 heterocycles. The number of nitrogens with zero attached hydrogens (tertiary/aromatic N) is 2. The average Bonchev–Trinajstić information content (AvgIpc) is 3.55. The van der Waals surface area contributed by atoms with Crippen molar-refractivity contribution in [2.45, 2.75) is 50.3 Å². The lowest BCUT2D eigenvalue weighted by Gasteiger charge is -2.23. The van der Waals surface area contributed by atoms with E-state index < -0.39 is 15.9 Å². The molecule has 9 heteroatoms. The monoisotopic (exact) mass is 547 g/mol.